The highest BCUT2D eigenvalue weighted by Gasteiger charge is 2.33. The number of H-pyrrole nitrogens is 1. The van der Waals surface area contributed by atoms with E-state index in [1.54, 1.807) is 7.05 Å². The van der Waals surface area contributed by atoms with Gasteiger partial charge in [-0.25, -0.2) is 0 Å². The number of allylic oxidation sites excluding steroid dienone is 3. The first-order chi connectivity index (χ1) is 14.6. The summed E-state index contributed by atoms with van der Waals surface area (Å²) in [6, 6.07) is 2.13. The predicted molar refractivity (Wildman–Crippen MR) is 130 cm³/mol. The van der Waals surface area contributed by atoms with Crippen LogP contribution in [0, 0.1) is 18.8 Å². The predicted octanol–water partition coefficient (Wildman–Crippen LogP) is 3.33. The average Bonchev–Trinajstić information content (AvgIpc) is 3.23. The van der Waals surface area contributed by atoms with Crippen molar-refractivity contribution in [2.75, 3.05) is 14.1 Å². The minimum atomic E-state index is -0.774. The van der Waals surface area contributed by atoms with Crippen LogP contribution in [0.25, 0.3) is 11.6 Å². The van der Waals surface area contributed by atoms with Gasteiger partial charge in [0.25, 0.3) is 0 Å². The molecule has 0 amide bonds. The zero-order valence-corrected chi connectivity index (χ0v) is 20.1. The maximum absolute atomic E-state index is 11.3. The standard InChI is InChI=1S/C25H36N4O2/c1-14(2)20(27-8)13-23-17(5)19(9-10-24(30)31)25(29-23)18(6)22-11-15(3)21(28-22)12-16(4)26-7/h11-13,17,19,27-28H,9-10H2,1-8H3,(H,30,31)/b21-12-,22-18-,23-13-,26-16+/t17-,19-/m0/s1. The summed E-state index contributed by atoms with van der Waals surface area (Å²) in [5.41, 5.74) is 7.33. The van der Waals surface area contributed by atoms with Gasteiger partial charge in [-0.3, -0.25) is 14.8 Å². The summed E-state index contributed by atoms with van der Waals surface area (Å²) in [7, 11) is 3.69. The number of aromatic amines is 1. The second-order valence-corrected chi connectivity index (χ2v) is 8.47. The van der Waals surface area contributed by atoms with Gasteiger partial charge in [0.15, 0.2) is 0 Å². The number of carboxylic acids is 1. The molecule has 0 radical (unpaired) electrons. The van der Waals surface area contributed by atoms with E-state index >= 15 is 0 Å². The van der Waals surface area contributed by atoms with Crippen LogP contribution in [0.4, 0.5) is 0 Å². The molecule has 1 aliphatic heterocycles. The molecule has 3 N–H and O–H groups in total. The van der Waals surface area contributed by atoms with Gasteiger partial charge in [0.1, 0.15) is 0 Å². The van der Waals surface area contributed by atoms with E-state index < -0.39 is 5.97 Å². The number of likely N-dealkylation sites (N-methyl/N-ethyl adjacent to an activating group) is 1. The number of aryl methyl sites for hydroxylation is 1. The Labute approximate surface area is 185 Å². The van der Waals surface area contributed by atoms with Crippen molar-refractivity contribution >= 4 is 29.0 Å². The lowest BCUT2D eigenvalue weighted by Crippen LogP contribution is -2.23. The summed E-state index contributed by atoms with van der Waals surface area (Å²) in [6.45, 7) is 12.4. The Morgan fingerprint density at radius 2 is 1.97 bits per heavy atom. The van der Waals surface area contributed by atoms with E-state index in [9.17, 15) is 9.90 Å². The van der Waals surface area contributed by atoms with Crippen molar-refractivity contribution < 1.29 is 9.90 Å². The number of aliphatic carboxylic acids is 1. The first-order valence-electron chi connectivity index (χ1n) is 10.8. The lowest BCUT2D eigenvalue weighted by atomic mass is 9.84. The second kappa shape index (κ2) is 10.4. The smallest absolute Gasteiger partial charge is 0.303 e. The molecule has 0 bridgehead atoms. The van der Waals surface area contributed by atoms with Gasteiger partial charge in [-0.2, -0.15) is 0 Å². The van der Waals surface area contributed by atoms with Gasteiger partial charge in [0.05, 0.1) is 0 Å². The van der Waals surface area contributed by atoms with E-state index in [4.69, 9.17) is 4.99 Å². The molecule has 1 aliphatic rings. The van der Waals surface area contributed by atoms with Crippen molar-refractivity contribution in [3.63, 3.8) is 0 Å². The fourth-order valence-corrected chi connectivity index (χ4v) is 3.91. The van der Waals surface area contributed by atoms with Gasteiger partial charge in [0, 0.05) is 65.9 Å². The SMILES string of the molecule is C/N=C(C)/C=c1\[nH]/c(=C(/C)C2=N/C(=C\C(NC)=C(C)C)[C@@H](C)[C@@H]2CCC(=O)O)cc1C. The fourth-order valence-electron chi connectivity index (χ4n) is 3.91. The molecule has 0 aromatic carbocycles. The van der Waals surface area contributed by atoms with Gasteiger partial charge in [-0.05, 0) is 70.4 Å². The molecule has 1 aromatic heterocycles. The molecular formula is C25H36N4O2. The van der Waals surface area contributed by atoms with Crippen LogP contribution in [-0.4, -0.2) is 41.6 Å². The fraction of sp³-hybridized carbons (Fsp3) is 0.480. The van der Waals surface area contributed by atoms with Crippen molar-refractivity contribution in [3.8, 4) is 0 Å². The molecule has 0 saturated heterocycles. The Balaban J connectivity index is 2.64. The Morgan fingerprint density at radius 1 is 1.29 bits per heavy atom. The number of aliphatic imine (C=N–C) groups is 2. The van der Waals surface area contributed by atoms with Crippen LogP contribution in [-0.2, 0) is 4.79 Å². The number of carboxylic acid groups (broad SMARTS) is 1. The average molecular weight is 425 g/mol. The molecule has 31 heavy (non-hydrogen) atoms. The molecule has 0 saturated carbocycles. The van der Waals surface area contributed by atoms with Crippen LogP contribution >= 0.6 is 0 Å². The third-order valence-corrected chi connectivity index (χ3v) is 5.99. The Bertz CT molecular complexity index is 1080. The van der Waals surface area contributed by atoms with Gasteiger partial charge < -0.3 is 15.4 Å². The third-order valence-electron chi connectivity index (χ3n) is 5.99. The molecule has 168 valence electrons. The summed E-state index contributed by atoms with van der Waals surface area (Å²) in [5.74, 6) is -0.570. The van der Waals surface area contributed by atoms with E-state index in [1.807, 2.05) is 20.0 Å². The third kappa shape index (κ3) is 5.84. The van der Waals surface area contributed by atoms with E-state index in [0.29, 0.717) is 6.42 Å². The Kier molecular flexibility index (Phi) is 8.20. The number of hydrogen-bond donors (Lipinski definition) is 3. The van der Waals surface area contributed by atoms with E-state index in [1.165, 1.54) is 5.57 Å². The summed E-state index contributed by atoms with van der Waals surface area (Å²) in [6.07, 6.45) is 4.82. The second-order valence-electron chi connectivity index (χ2n) is 8.47. The Hall–Kier alpha value is -2.89. The van der Waals surface area contributed by atoms with Crippen molar-refractivity contribution in [2.24, 2.45) is 21.8 Å². The summed E-state index contributed by atoms with van der Waals surface area (Å²) in [5, 5.41) is 14.5. The zero-order valence-electron chi connectivity index (χ0n) is 20.1. The largest absolute Gasteiger partial charge is 0.481 e. The van der Waals surface area contributed by atoms with Crippen LogP contribution in [0.2, 0.25) is 0 Å². The summed E-state index contributed by atoms with van der Waals surface area (Å²) >= 11 is 0. The van der Waals surface area contributed by atoms with Crippen LogP contribution in [0.15, 0.2) is 39.1 Å². The highest BCUT2D eigenvalue weighted by molar-refractivity contribution is 6.20. The number of hydrogen-bond acceptors (Lipinski definition) is 4. The molecule has 2 heterocycles. The first-order valence-corrected chi connectivity index (χ1v) is 10.8. The maximum Gasteiger partial charge on any atom is 0.303 e. The van der Waals surface area contributed by atoms with Gasteiger partial charge in [-0.15, -0.1) is 0 Å². The Morgan fingerprint density at radius 3 is 2.52 bits per heavy atom. The highest BCUT2D eigenvalue weighted by Crippen LogP contribution is 2.36. The molecule has 0 aliphatic carbocycles. The van der Waals surface area contributed by atoms with E-state index in [0.717, 1.165) is 44.7 Å². The molecule has 6 nitrogen and oxygen atoms in total. The number of nitrogens with zero attached hydrogens (tertiary/aromatic N) is 2. The quantitative estimate of drug-likeness (QED) is 0.587. The molecule has 2 rings (SSSR count). The first kappa shape index (κ1) is 24.4. The molecule has 0 unspecified atom stereocenters. The molecule has 0 fully saturated rings. The van der Waals surface area contributed by atoms with Crippen LogP contribution in [0.3, 0.4) is 0 Å². The highest BCUT2D eigenvalue weighted by atomic mass is 16.4. The molecular weight excluding hydrogens is 388 g/mol. The number of aromatic nitrogens is 1. The van der Waals surface area contributed by atoms with Crippen molar-refractivity contribution in [1.82, 2.24) is 10.3 Å². The number of nitrogens with one attached hydrogen (secondary N) is 2. The van der Waals surface area contributed by atoms with Gasteiger partial charge in [0.2, 0.25) is 0 Å². The molecule has 0 spiro atoms. The number of carbonyl (C=O) groups is 1. The molecule has 2 atom stereocenters. The lowest BCUT2D eigenvalue weighted by molar-refractivity contribution is -0.137. The van der Waals surface area contributed by atoms with Crippen molar-refractivity contribution in [2.45, 2.75) is 54.4 Å². The molecule has 1 aromatic rings. The van der Waals surface area contributed by atoms with Crippen molar-refractivity contribution in [1.29, 1.82) is 0 Å². The van der Waals surface area contributed by atoms with E-state index in [2.05, 4.69) is 62.1 Å². The summed E-state index contributed by atoms with van der Waals surface area (Å²) < 4.78 is 0. The summed E-state index contributed by atoms with van der Waals surface area (Å²) in [4.78, 5) is 24.0. The minimum Gasteiger partial charge on any atom is -0.481 e. The minimum absolute atomic E-state index is 0.0626. The zero-order chi connectivity index (χ0) is 23.3. The lowest BCUT2D eigenvalue weighted by Gasteiger charge is -2.18. The van der Waals surface area contributed by atoms with Crippen LogP contribution < -0.4 is 16.0 Å². The van der Waals surface area contributed by atoms with Crippen LogP contribution in [0.5, 0.6) is 0 Å². The van der Waals surface area contributed by atoms with Crippen molar-refractivity contribution in [3.05, 3.63) is 45.4 Å². The number of rotatable bonds is 7. The monoisotopic (exact) mass is 424 g/mol. The van der Waals surface area contributed by atoms with Gasteiger partial charge >= 0.3 is 5.97 Å². The maximum atomic E-state index is 11.3. The van der Waals surface area contributed by atoms with E-state index in [-0.39, 0.29) is 18.3 Å². The normalized spacial score (nSPS) is 21.9. The van der Waals surface area contributed by atoms with Gasteiger partial charge in [-0.1, -0.05) is 12.5 Å². The topological polar surface area (TPSA) is 89.8 Å². The molecule has 6 heteroatoms. The van der Waals surface area contributed by atoms with Crippen LogP contribution in [0.1, 0.15) is 53.0 Å².